The van der Waals surface area contributed by atoms with Crippen LogP contribution in [0.1, 0.15) is 16.8 Å². The molecule has 2 aromatic carbocycles. The van der Waals surface area contributed by atoms with Gasteiger partial charge in [0.05, 0.1) is 16.2 Å². The lowest BCUT2D eigenvalue weighted by Gasteiger charge is -2.02. The van der Waals surface area contributed by atoms with E-state index in [2.05, 4.69) is 5.10 Å². The lowest BCUT2D eigenvalue weighted by atomic mass is 10.0. The number of aromatic hydroxyl groups is 1. The van der Waals surface area contributed by atoms with Crippen LogP contribution in [0.25, 0.3) is 17.3 Å². The van der Waals surface area contributed by atoms with E-state index < -0.39 is 4.92 Å². The molecule has 9 nitrogen and oxygen atoms in total. The van der Waals surface area contributed by atoms with Crippen molar-refractivity contribution in [3.8, 4) is 23.6 Å². The number of hydrogen-bond donors (Lipinski definition) is 2. The molecule has 136 valence electrons. The molecule has 0 radical (unpaired) electrons. The van der Waals surface area contributed by atoms with Crippen molar-refractivity contribution in [1.82, 2.24) is 9.78 Å². The molecule has 0 spiro atoms. The largest absolute Gasteiger partial charge is 0.507 e. The average Bonchev–Trinajstić information content (AvgIpc) is 3.04. The van der Waals surface area contributed by atoms with Crippen molar-refractivity contribution in [3.63, 3.8) is 0 Å². The van der Waals surface area contributed by atoms with Crippen LogP contribution >= 0.6 is 0 Å². The first-order valence-electron chi connectivity index (χ1n) is 7.90. The highest BCUT2D eigenvalue weighted by atomic mass is 16.6. The van der Waals surface area contributed by atoms with E-state index in [0.29, 0.717) is 5.69 Å². The van der Waals surface area contributed by atoms with E-state index in [1.165, 1.54) is 10.8 Å². The summed E-state index contributed by atoms with van der Waals surface area (Å²) in [6.45, 7) is 0. The van der Waals surface area contributed by atoms with E-state index in [9.17, 15) is 25.7 Å². The molecule has 0 aliphatic heterocycles. The van der Waals surface area contributed by atoms with Gasteiger partial charge in [0.1, 0.15) is 35.0 Å². The van der Waals surface area contributed by atoms with Crippen molar-refractivity contribution in [2.75, 3.05) is 5.73 Å². The molecule has 0 aliphatic rings. The number of benzene rings is 2. The fourth-order valence-electron chi connectivity index (χ4n) is 2.58. The predicted molar refractivity (Wildman–Crippen MR) is 101 cm³/mol. The van der Waals surface area contributed by atoms with Gasteiger partial charge < -0.3 is 10.8 Å². The summed E-state index contributed by atoms with van der Waals surface area (Å²) in [5, 5.41) is 44.3. The number of allylic oxidation sites excluding steroid dienone is 1. The maximum Gasteiger partial charge on any atom is 0.270 e. The van der Waals surface area contributed by atoms with Crippen LogP contribution in [-0.2, 0) is 0 Å². The molecule has 1 heterocycles. The molecular weight excluding hydrogens is 360 g/mol. The summed E-state index contributed by atoms with van der Waals surface area (Å²) in [4.78, 5) is 10.3. The Morgan fingerprint density at radius 3 is 2.57 bits per heavy atom. The van der Waals surface area contributed by atoms with Gasteiger partial charge in [0.15, 0.2) is 0 Å². The minimum absolute atomic E-state index is 0.0114. The maximum atomic E-state index is 11.0. The van der Waals surface area contributed by atoms with Gasteiger partial charge in [-0.15, -0.1) is 0 Å². The molecule has 0 unspecified atom stereocenters. The van der Waals surface area contributed by atoms with Crippen molar-refractivity contribution in [2.24, 2.45) is 0 Å². The number of para-hydroxylation sites is 1. The second kappa shape index (κ2) is 7.32. The number of phenolic OH excluding ortho intramolecular Hbond substituents is 1. The first-order valence-corrected chi connectivity index (χ1v) is 7.90. The summed E-state index contributed by atoms with van der Waals surface area (Å²) in [7, 11) is 0. The highest BCUT2D eigenvalue weighted by molar-refractivity contribution is 5.92. The van der Waals surface area contributed by atoms with Crippen LogP contribution in [-0.4, -0.2) is 19.8 Å². The number of nitro benzene ring substituents is 1. The average molecular weight is 372 g/mol. The Hall–Kier alpha value is -4.63. The molecule has 0 saturated heterocycles. The third-order valence-corrected chi connectivity index (χ3v) is 3.93. The third-order valence-electron chi connectivity index (χ3n) is 3.93. The zero-order valence-corrected chi connectivity index (χ0v) is 14.3. The number of aromatic nitrogens is 2. The van der Waals surface area contributed by atoms with Crippen LogP contribution in [0.5, 0.6) is 5.75 Å². The van der Waals surface area contributed by atoms with Gasteiger partial charge in [-0.25, -0.2) is 4.68 Å². The Bertz CT molecular complexity index is 1180. The fourth-order valence-corrected chi connectivity index (χ4v) is 2.58. The molecule has 9 heteroatoms. The van der Waals surface area contributed by atoms with Crippen LogP contribution < -0.4 is 5.73 Å². The highest BCUT2D eigenvalue weighted by Crippen LogP contribution is 2.30. The lowest BCUT2D eigenvalue weighted by Crippen LogP contribution is -2.02. The quantitative estimate of drug-likeness (QED) is 0.405. The lowest BCUT2D eigenvalue weighted by molar-refractivity contribution is -0.384. The molecule has 0 amide bonds. The minimum Gasteiger partial charge on any atom is -0.507 e. The number of non-ortho nitro benzene ring substituents is 1. The van der Waals surface area contributed by atoms with Crippen molar-refractivity contribution in [2.45, 2.75) is 0 Å². The summed E-state index contributed by atoms with van der Waals surface area (Å²) in [6.07, 6.45) is 1.22. The number of rotatable bonds is 4. The van der Waals surface area contributed by atoms with Gasteiger partial charge in [-0.05, 0) is 24.3 Å². The molecular formula is C19H12N6O3. The number of anilines is 1. The second-order valence-corrected chi connectivity index (χ2v) is 5.64. The first-order chi connectivity index (χ1) is 13.5. The molecule has 3 rings (SSSR count). The Morgan fingerprint density at radius 1 is 1.25 bits per heavy atom. The zero-order chi connectivity index (χ0) is 20.3. The number of nitrogens with zero attached hydrogens (tertiary/aromatic N) is 5. The van der Waals surface area contributed by atoms with Gasteiger partial charge in [-0.3, -0.25) is 10.1 Å². The Kier molecular flexibility index (Phi) is 4.75. The Balaban J connectivity index is 2.18. The number of nitro groups is 1. The predicted octanol–water partition coefficient (Wildman–Crippen LogP) is 3.00. The van der Waals surface area contributed by atoms with E-state index in [1.54, 1.807) is 30.3 Å². The molecule has 0 bridgehead atoms. The van der Waals surface area contributed by atoms with Crippen molar-refractivity contribution >= 4 is 23.2 Å². The molecule has 28 heavy (non-hydrogen) atoms. The summed E-state index contributed by atoms with van der Waals surface area (Å²) >= 11 is 0. The number of phenols is 1. The molecule has 1 aromatic heterocycles. The van der Waals surface area contributed by atoms with Gasteiger partial charge >= 0.3 is 0 Å². The van der Waals surface area contributed by atoms with E-state index >= 15 is 0 Å². The number of nitriles is 2. The Morgan fingerprint density at radius 2 is 1.96 bits per heavy atom. The molecule has 0 fully saturated rings. The van der Waals surface area contributed by atoms with Gasteiger partial charge in [0.2, 0.25) is 0 Å². The summed E-state index contributed by atoms with van der Waals surface area (Å²) in [6, 6.07) is 16.1. The van der Waals surface area contributed by atoms with E-state index in [4.69, 9.17) is 5.73 Å². The minimum atomic E-state index is -0.619. The third kappa shape index (κ3) is 3.23. The molecule has 3 aromatic rings. The second-order valence-electron chi connectivity index (χ2n) is 5.64. The van der Waals surface area contributed by atoms with Gasteiger partial charge in [-0.1, -0.05) is 18.2 Å². The standard InChI is InChI=1S/C19H12N6O3/c20-10-13(8-12-9-15(25(27)28)6-7-17(12)26)18-16(11-21)19(22)24(23-18)14-4-2-1-3-5-14/h1-9,26H,22H2/b13-8+. The maximum absolute atomic E-state index is 11.0. The highest BCUT2D eigenvalue weighted by Gasteiger charge is 2.20. The molecule has 3 N–H and O–H groups in total. The van der Waals surface area contributed by atoms with Crippen molar-refractivity contribution in [1.29, 1.82) is 10.5 Å². The number of hydrogen-bond acceptors (Lipinski definition) is 7. The summed E-state index contributed by atoms with van der Waals surface area (Å²) < 4.78 is 1.33. The van der Waals surface area contributed by atoms with Crippen LogP contribution in [0, 0.1) is 32.8 Å². The molecule has 0 atom stereocenters. The molecule has 0 saturated carbocycles. The fraction of sp³-hybridized carbons (Fsp3) is 0. The van der Waals surface area contributed by atoms with Crippen LogP contribution in [0.2, 0.25) is 0 Å². The van der Waals surface area contributed by atoms with Crippen LogP contribution in [0.15, 0.2) is 48.5 Å². The smallest absolute Gasteiger partial charge is 0.270 e. The number of nitrogens with two attached hydrogens (primary N) is 1. The topological polar surface area (TPSA) is 155 Å². The van der Waals surface area contributed by atoms with Crippen molar-refractivity contribution < 1.29 is 10.0 Å². The van der Waals surface area contributed by atoms with E-state index in [1.807, 2.05) is 12.1 Å². The van der Waals surface area contributed by atoms with Crippen LogP contribution in [0.3, 0.4) is 0 Å². The van der Waals surface area contributed by atoms with E-state index in [-0.39, 0.29) is 39.6 Å². The van der Waals surface area contributed by atoms with Gasteiger partial charge in [0.25, 0.3) is 5.69 Å². The molecule has 0 aliphatic carbocycles. The van der Waals surface area contributed by atoms with Gasteiger partial charge in [0, 0.05) is 17.7 Å². The first kappa shape index (κ1) is 18.2. The summed E-state index contributed by atoms with van der Waals surface area (Å²) in [5.74, 6) is -0.208. The number of nitrogen functional groups attached to an aromatic ring is 1. The normalized spacial score (nSPS) is 10.9. The van der Waals surface area contributed by atoms with Crippen LogP contribution in [0.4, 0.5) is 11.5 Å². The summed E-state index contributed by atoms with van der Waals surface area (Å²) in [5.41, 5.74) is 6.34. The van der Waals surface area contributed by atoms with E-state index in [0.717, 1.165) is 18.2 Å². The SMILES string of the molecule is N#C/C(=C\c1cc([N+](=O)[O-])ccc1O)c1nn(-c2ccccc2)c(N)c1C#N. The Labute approximate surface area is 158 Å². The van der Waals surface area contributed by atoms with Gasteiger partial charge in [-0.2, -0.15) is 15.6 Å². The monoisotopic (exact) mass is 372 g/mol. The zero-order valence-electron chi connectivity index (χ0n) is 14.3. The van der Waals surface area contributed by atoms with Crippen molar-refractivity contribution in [3.05, 3.63) is 75.5 Å².